The minimum atomic E-state index is -0.372. The lowest BCUT2D eigenvalue weighted by molar-refractivity contribution is 0.149. The summed E-state index contributed by atoms with van der Waals surface area (Å²) < 4.78 is 5.11. The zero-order valence-electron chi connectivity index (χ0n) is 7.87. The van der Waals surface area contributed by atoms with Crippen LogP contribution in [0.25, 0.3) is 0 Å². The Hall–Kier alpha value is -0.760. The molecule has 1 heterocycles. The molecule has 2 nitrogen and oxygen atoms in total. The van der Waals surface area contributed by atoms with Crippen molar-refractivity contribution >= 4 is 0 Å². The molecule has 0 aliphatic rings. The molecule has 2 heteroatoms. The Morgan fingerprint density at radius 3 is 2.58 bits per heavy atom. The first-order valence-corrected chi connectivity index (χ1v) is 4.33. The van der Waals surface area contributed by atoms with Crippen LogP contribution >= 0.6 is 0 Å². The minimum Gasteiger partial charge on any atom is -0.469 e. The summed E-state index contributed by atoms with van der Waals surface area (Å²) in [4.78, 5) is 0. The van der Waals surface area contributed by atoms with Crippen molar-refractivity contribution in [3.8, 4) is 0 Å². The minimum absolute atomic E-state index is 0.372. The second kappa shape index (κ2) is 3.76. The lowest BCUT2D eigenvalue weighted by atomic mass is 10.0. The lowest BCUT2D eigenvalue weighted by Gasteiger charge is -2.11. The monoisotopic (exact) mass is 168 g/mol. The summed E-state index contributed by atoms with van der Waals surface area (Å²) in [7, 11) is 0. The maximum absolute atomic E-state index is 9.70. The summed E-state index contributed by atoms with van der Waals surface area (Å²) in [6.45, 7) is 6.07. The van der Waals surface area contributed by atoms with Crippen molar-refractivity contribution in [3.63, 3.8) is 0 Å². The Kier molecular flexibility index (Phi) is 2.93. The van der Waals surface area contributed by atoms with E-state index in [4.69, 9.17) is 4.42 Å². The van der Waals surface area contributed by atoms with Gasteiger partial charge in [-0.05, 0) is 25.3 Å². The van der Waals surface area contributed by atoms with Crippen LogP contribution in [0.5, 0.6) is 0 Å². The van der Waals surface area contributed by atoms with Crippen molar-refractivity contribution < 1.29 is 9.52 Å². The predicted octanol–water partition coefficient (Wildman–Crippen LogP) is 2.67. The van der Waals surface area contributed by atoms with Gasteiger partial charge in [0.2, 0.25) is 0 Å². The highest BCUT2D eigenvalue weighted by Gasteiger charge is 2.13. The molecule has 1 atom stereocenters. The Labute approximate surface area is 73.2 Å². The fourth-order valence-electron chi connectivity index (χ4n) is 1.31. The molecular formula is C10H16O2. The number of hydrogen-bond donors (Lipinski definition) is 1. The van der Waals surface area contributed by atoms with Gasteiger partial charge in [-0.2, -0.15) is 0 Å². The van der Waals surface area contributed by atoms with Crippen LogP contribution < -0.4 is 0 Å². The van der Waals surface area contributed by atoms with Crippen LogP contribution in [0.3, 0.4) is 0 Å². The Morgan fingerprint density at radius 1 is 1.50 bits per heavy atom. The lowest BCUT2D eigenvalue weighted by Crippen LogP contribution is -2.01. The van der Waals surface area contributed by atoms with E-state index in [0.29, 0.717) is 5.92 Å². The molecule has 1 N–H and O–H groups in total. The highest BCUT2D eigenvalue weighted by atomic mass is 16.3. The second-order valence-corrected chi connectivity index (χ2v) is 3.58. The van der Waals surface area contributed by atoms with Crippen molar-refractivity contribution in [2.45, 2.75) is 33.3 Å². The van der Waals surface area contributed by atoms with E-state index in [1.54, 1.807) is 6.26 Å². The van der Waals surface area contributed by atoms with Crippen molar-refractivity contribution in [3.05, 3.63) is 23.7 Å². The van der Waals surface area contributed by atoms with Gasteiger partial charge < -0.3 is 9.52 Å². The number of furan rings is 1. The quantitative estimate of drug-likeness (QED) is 0.752. The van der Waals surface area contributed by atoms with E-state index in [-0.39, 0.29) is 6.10 Å². The molecule has 0 aliphatic heterocycles. The van der Waals surface area contributed by atoms with Crippen LogP contribution in [0, 0.1) is 12.8 Å². The molecule has 0 bridgehead atoms. The van der Waals surface area contributed by atoms with Gasteiger partial charge in [-0.15, -0.1) is 0 Å². The van der Waals surface area contributed by atoms with Gasteiger partial charge >= 0.3 is 0 Å². The van der Waals surface area contributed by atoms with Gasteiger partial charge in [0.25, 0.3) is 0 Å². The summed E-state index contributed by atoms with van der Waals surface area (Å²) in [5.41, 5.74) is 0.920. The molecule has 0 saturated carbocycles. The Balaban J connectivity index is 2.65. The van der Waals surface area contributed by atoms with E-state index in [0.717, 1.165) is 17.7 Å². The van der Waals surface area contributed by atoms with Crippen LogP contribution in [-0.2, 0) is 0 Å². The van der Waals surface area contributed by atoms with E-state index < -0.39 is 0 Å². The number of aliphatic hydroxyl groups is 1. The fraction of sp³-hybridized carbons (Fsp3) is 0.600. The molecular weight excluding hydrogens is 152 g/mol. The van der Waals surface area contributed by atoms with Gasteiger partial charge in [0.05, 0.1) is 12.4 Å². The molecule has 1 aromatic rings. The number of hydrogen-bond acceptors (Lipinski definition) is 2. The van der Waals surface area contributed by atoms with Crippen LogP contribution in [0.2, 0.25) is 0 Å². The summed E-state index contributed by atoms with van der Waals surface area (Å²) in [6, 6.07) is 1.84. The molecule has 1 aromatic heterocycles. The molecule has 68 valence electrons. The molecule has 1 unspecified atom stereocenters. The van der Waals surface area contributed by atoms with Gasteiger partial charge in [0.15, 0.2) is 0 Å². The van der Waals surface area contributed by atoms with E-state index in [2.05, 4.69) is 13.8 Å². The number of aliphatic hydroxyl groups excluding tert-OH is 1. The standard InChI is InChI=1S/C10H16O2/c1-7(2)6-10(11)9-4-5-12-8(9)3/h4-5,7,10-11H,6H2,1-3H3. The zero-order chi connectivity index (χ0) is 9.14. The van der Waals surface area contributed by atoms with Crippen molar-refractivity contribution in [2.75, 3.05) is 0 Å². The van der Waals surface area contributed by atoms with Gasteiger partial charge in [-0.25, -0.2) is 0 Å². The first-order chi connectivity index (χ1) is 5.61. The van der Waals surface area contributed by atoms with Crippen molar-refractivity contribution in [1.82, 2.24) is 0 Å². The predicted molar refractivity (Wildman–Crippen MR) is 47.9 cm³/mol. The molecule has 0 fully saturated rings. The normalized spacial score (nSPS) is 13.8. The topological polar surface area (TPSA) is 33.4 Å². The first-order valence-electron chi connectivity index (χ1n) is 4.33. The SMILES string of the molecule is Cc1occc1C(O)CC(C)C. The molecule has 12 heavy (non-hydrogen) atoms. The maximum atomic E-state index is 9.70. The van der Waals surface area contributed by atoms with E-state index in [1.165, 1.54) is 0 Å². The highest BCUT2D eigenvalue weighted by Crippen LogP contribution is 2.24. The third-order valence-corrected chi connectivity index (χ3v) is 1.95. The van der Waals surface area contributed by atoms with Crippen LogP contribution in [-0.4, -0.2) is 5.11 Å². The van der Waals surface area contributed by atoms with Crippen molar-refractivity contribution in [1.29, 1.82) is 0 Å². The Bertz CT molecular complexity index is 238. The third kappa shape index (κ3) is 2.11. The van der Waals surface area contributed by atoms with E-state index in [1.807, 2.05) is 13.0 Å². The molecule has 1 rings (SSSR count). The van der Waals surface area contributed by atoms with Gasteiger partial charge in [-0.1, -0.05) is 13.8 Å². The highest BCUT2D eigenvalue weighted by molar-refractivity contribution is 5.18. The number of rotatable bonds is 3. The Morgan fingerprint density at radius 2 is 2.17 bits per heavy atom. The van der Waals surface area contributed by atoms with E-state index in [9.17, 15) is 5.11 Å². The molecule has 0 radical (unpaired) electrons. The largest absolute Gasteiger partial charge is 0.469 e. The molecule has 0 aromatic carbocycles. The fourth-order valence-corrected chi connectivity index (χ4v) is 1.31. The number of aryl methyl sites for hydroxylation is 1. The summed E-state index contributed by atoms with van der Waals surface area (Å²) in [5, 5.41) is 9.70. The van der Waals surface area contributed by atoms with Crippen molar-refractivity contribution in [2.24, 2.45) is 5.92 Å². The molecule has 0 amide bonds. The molecule has 0 aliphatic carbocycles. The van der Waals surface area contributed by atoms with Crippen LogP contribution in [0.4, 0.5) is 0 Å². The molecule has 0 spiro atoms. The average Bonchev–Trinajstić information content (AvgIpc) is 2.33. The molecule has 0 saturated heterocycles. The van der Waals surface area contributed by atoms with Crippen LogP contribution in [0.15, 0.2) is 16.7 Å². The average molecular weight is 168 g/mol. The van der Waals surface area contributed by atoms with Gasteiger partial charge in [0, 0.05) is 5.56 Å². The third-order valence-electron chi connectivity index (χ3n) is 1.95. The van der Waals surface area contributed by atoms with Crippen LogP contribution in [0.1, 0.15) is 37.7 Å². The smallest absolute Gasteiger partial charge is 0.106 e. The maximum Gasteiger partial charge on any atom is 0.106 e. The summed E-state index contributed by atoms with van der Waals surface area (Å²) in [5.74, 6) is 1.33. The first kappa shape index (κ1) is 9.33. The van der Waals surface area contributed by atoms with Gasteiger partial charge in [-0.3, -0.25) is 0 Å². The van der Waals surface area contributed by atoms with Gasteiger partial charge in [0.1, 0.15) is 5.76 Å². The summed E-state index contributed by atoms with van der Waals surface area (Å²) in [6.07, 6.45) is 2.04. The summed E-state index contributed by atoms with van der Waals surface area (Å²) >= 11 is 0. The zero-order valence-corrected chi connectivity index (χ0v) is 7.87. The van der Waals surface area contributed by atoms with E-state index >= 15 is 0 Å². The second-order valence-electron chi connectivity index (χ2n) is 3.58.